The summed E-state index contributed by atoms with van der Waals surface area (Å²) in [4.78, 5) is 14.1. The fraction of sp³-hybridized carbons (Fsp3) is 0.421. The number of benzene rings is 1. The third kappa shape index (κ3) is 5.08. The van der Waals surface area contributed by atoms with Crippen molar-refractivity contribution in [2.75, 3.05) is 26.0 Å². The lowest BCUT2D eigenvalue weighted by Gasteiger charge is -2.23. The van der Waals surface area contributed by atoms with Crippen molar-refractivity contribution in [3.05, 3.63) is 46.7 Å². The molecule has 0 saturated carbocycles. The Morgan fingerprint density at radius 3 is 2.79 bits per heavy atom. The molecule has 1 fully saturated rings. The van der Waals surface area contributed by atoms with Gasteiger partial charge >= 0.3 is 0 Å². The van der Waals surface area contributed by atoms with Gasteiger partial charge in [-0.05, 0) is 48.6 Å². The maximum Gasteiger partial charge on any atom is 0.243 e. The smallest absolute Gasteiger partial charge is 0.243 e. The number of thiophene rings is 1. The Hall–Kier alpha value is -1.55. The van der Waals surface area contributed by atoms with Gasteiger partial charge in [0.05, 0.1) is 12.0 Å². The number of carbonyl (C=O) groups is 1. The summed E-state index contributed by atoms with van der Waals surface area (Å²) in [7, 11) is -2.18. The zero-order chi connectivity index (χ0) is 20.0. The van der Waals surface area contributed by atoms with E-state index in [1.807, 2.05) is 6.07 Å². The second-order valence-electron chi connectivity index (χ2n) is 6.37. The number of nitrogens with zero attached hydrogens (tertiary/aromatic N) is 1. The Bertz CT molecular complexity index is 867. The van der Waals surface area contributed by atoms with E-state index in [9.17, 15) is 13.2 Å². The second kappa shape index (κ2) is 9.78. The molecule has 2 heterocycles. The van der Waals surface area contributed by atoms with E-state index >= 15 is 0 Å². The van der Waals surface area contributed by atoms with Crippen molar-refractivity contribution >= 4 is 39.0 Å². The van der Waals surface area contributed by atoms with Crippen molar-refractivity contribution in [2.45, 2.75) is 29.5 Å². The molecule has 0 bridgehead atoms. The highest BCUT2D eigenvalue weighted by molar-refractivity contribution is 7.98. The van der Waals surface area contributed by atoms with Crippen LogP contribution in [0.1, 0.15) is 17.7 Å². The number of amides is 1. The highest BCUT2D eigenvalue weighted by Crippen LogP contribution is 2.27. The Morgan fingerprint density at radius 2 is 2.11 bits per heavy atom. The average Bonchev–Trinajstić information content (AvgIpc) is 3.40. The minimum absolute atomic E-state index is 0.180. The Morgan fingerprint density at radius 1 is 1.32 bits per heavy atom. The average molecular weight is 441 g/mol. The van der Waals surface area contributed by atoms with Gasteiger partial charge in [-0.3, -0.25) is 4.79 Å². The van der Waals surface area contributed by atoms with Crippen LogP contribution >= 0.6 is 23.1 Å². The molecule has 1 amide bonds. The van der Waals surface area contributed by atoms with Crippen LogP contribution in [0.4, 0.5) is 0 Å². The Kier molecular flexibility index (Phi) is 7.39. The predicted molar refractivity (Wildman–Crippen MR) is 113 cm³/mol. The van der Waals surface area contributed by atoms with Crippen LogP contribution in [0, 0.1) is 0 Å². The molecule has 2 aromatic rings. The van der Waals surface area contributed by atoms with Gasteiger partial charge in [0, 0.05) is 29.5 Å². The summed E-state index contributed by atoms with van der Waals surface area (Å²) in [6, 6.07) is 9.74. The normalized spacial score (nSPS) is 17.5. The maximum absolute atomic E-state index is 13.0. The molecule has 9 heteroatoms. The first-order valence-corrected chi connectivity index (χ1v) is 12.5. The van der Waals surface area contributed by atoms with Gasteiger partial charge in [0.25, 0.3) is 0 Å². The van der Waals surface area contributed by atoms with E-state index in [0.717, 1.165) is 11.5 Å². The Labute approximate surface area is 174 Å². The Balaban J connectivity index is 1.54. The molecule has 1 unspecified atom stereocenters. The quantitative estimate of drug-likeness (QED) is 0.607. The van der Waals surface area contributed by atoms with E-state index in [-0.39, 0.29) is 10.8 Å². The van der Waals surface area contributed by atoms with Gasteiger partial charge in [-0.2, -0.15) is 16.1 Å². The number of rotatable bonds is 9. The largest absolute Gasteiger partial charge is 0.497 e. The van der Waals surface area contributed by atoms with E-state index in [4.69, 9.17) is 4.74 Å². The van der Waals surface area contributed by atoms with Crippen molar-refractivity contribution < 1.29 is 17.9 Å². The van der Waals surface area contributed by atoms with Crippen LogP contribution in [0.5, 0.6) is 5.75 Å². The van der Waals surface area contributed by atoms with E-state index in [0.29, 0.717) is 31.7 Å². The maximum atomic E-state index is 13.0. The van der Waals surface area contributed by atoms with E-state index in [1.54, 1.807) is 35.2 Å². The van der Waals surface area contributed by atoms with E-state index in [1.165, 1.54) is 28.4 Å². The number of thioether (sulfide) groups is 1. The lowest BCUT2D eigenvalue weighted by molar-refractivity contribution is -0.124. The fourth-order valence-electron chi connectivity index (χ4n) is 3.10. The van der Waals surface area contributed by atoms with Gasteiger partial charge in [0.2, 0.25) is 15.9 Å². The summed E-state index contributed by atoms with van der Waals surface area (Å²) in [5, 5.41) is 4.95. The monoisotopic (exact) mass is 440 g/mol. The van der Waals surface area contributed by atoms with Gasteiger partial charge in [-0.25, -0.2) is 8.42 Å². The first-order valence-electron chi connectivity index (χ1n) is 9.06. The first-order chi connectivity index (χ1) is 13.5. The molecule has 0 radical (unpaired) electrons. The summed E-state index contributed by atoms with van der Waals surface area (Å²) in [6.45, 7) is 0.890. The highest BCUT2D eigenvalue weighted by atomic mass is 32.2. The van der Waals surface area contributed by atoms with E-state index < -0.39 is 16.1 Å². The van der Waals surface area contributed by atoms with Crippen molar-refractivity contribution in [3.8, 4) is 5.75 Å². The second-order valence-corrected chi connectivity index (χ2v) is 10.4. The summed E-state index contributed by atoms with van der Waals surface area (Å²) >= 11 is 3.48. The number of hydrogen-bond acceptors (Lipinski definition) is 6. The lowest BCUT2D eigenvalue weighted by Crippen LogP contribution is -2.46. The van der Waals surface area contributed by atoms with E-state index in [2.05, 4.69) is 16.8 Å². The predicted octanol–water partition coefficient (Wildman–Crippen LogP) is 2.96. The third-order valence-corrected chi connectivity index (χ3v) is 8.53. The standard InChI is InChI=1S/C19H24N2O4S3/c1-25-15-6-8-17(9-7-15)28(23,24)21-11-2-5-18(21)19(22)20-10-13-26-14-16-4-3-12-27-16/h3-4,6-9,12,18H,2,5,10-11,13-14H2,1H3,(H,20,22). The van der Waals surface area contributed by atoms with Gasteiger partial charge in [0.15, 0.2) is 0 Å². The molecular weight excluding hydrogens is 416 g/mol. The summed E-state index contributed by atoms with van der Waals surface area (Å²) < 4.78 is 32.3. The molecule has 1 aromatic heterocycles. The molecule has 1 aliphatic heterocycles. The molecular formula is C19H24N2O4S3. The summed E-state index contributed by atoms with van der Waals surface area (Å²) in [5.74, 6) is 2.09. The summed E-state index contributed by atoms with van der Waals surface area (Å²) in [5.41, 5.74) is 0. The number of sulfonamides is 1. The van der Waals surface area contributed by atoms with Crippen LogP contribution in [0.15, 0.2) is 46.7 Å². The fourth-order valence-corrected chi connectivity index (χ4v) is 6.46. The third-order valence-electron chi connectivity index (χ3n) is 4.54. The van der Waals surface area contributed by atoms with Gasteiger partial charge in [0.1, 0.15) is 11.8 Å². The lowest BCUT2D eigenvalue weighted by atomic mass is 10.2. The number of carbonyl (C=O) groups excluding carboxylic acids is 1. The van der Waals surface area contributed by atoms with Crippen molar-refractivity contribution in [2.24, 2.45) is 0 Å². The molecule has 152 valence electrons. The zero-order valence-corrected chi connectivity index (χ0v) is 18.1. The molecule has 0 spiro atoms. The molecule has 1 N–H and O–H groups in total. The van der Waals surface area contributed by atoms with Crippen molar-refractivity contribution in [3.63, 3.8) is 0 Å². The van der Waals surface area contributed by atoms with Crippen LogP contribution in [0.3, 0.4) is 0 Å². The van der Waals surface area contributed by atoms with Crippen molar-refractivity contribution in [1.29, 1.82) is 0 Å². The van der Waals surface area contributed by atoms with Gasteiger partial charge < -0.3 is 10.1 Å². The van der Waals surface area contributed by atoms with Crippen LogP contribution in [-0.4, -0.2) is 50.6 Å². The molecule has 6 nitrogen and oxygen atoms in total. The first kappa shape index (κ1) is 21.2. The zero-order valence-electron chi connectivity index (χ0n) is 15.7. The van der Waals surface area contributed by atoms with Crippen LogP contribution in [0.25, 0.3) is 0 Å². The molecule has 28 heavy (non-hydrogen) atoms. The molecule has 0 aliphatic carbocycles. The topological polar surface area (TPSA) is 75.7 Å². The highest BCUT2D eigenvalue weighted by Gasteiger charge is 2.39. The summed E-state index contributed by atoms with van der Waals surface area (Å²) in [6.07, 6.45) is 1.23. The molecule has 1 saturated heterocycles. The number of methoxy groups -OCH3 is 1. The molecule has 1 atom stereocenters. The minimum atomic E-state index is -3.71. The number of hydrogen-bond donors (Lipinski definition) is 1. The molecule has 3 rings (SSSR count). The van der Waals surface area contributed by atoms with Crippen LogP contribution in [0.2, 0.25) is 0 Å². The number of ether oxygens (including phenoxy) is 1. The van der Waals surface area contributed by atoms with Gasteiger partial charge in [-0.1, -0.05) is 6.07 Å². The van der Waals surface area contributed by atoms with Crippen LogP contribution < -0.4 is 10.1 Å². The SMILES string of the molecule is COc1ccc(S(=O)(=O)N2CCCC2C(=O)NCCSCc2cccs2)cc1. The van der Waals surface area contributed by atoms with Gasteiger partial charge in [-0.15, -0.1) is 11.3 Å². The van der Waals surface area contributed by atoms with Crippen molar-refractivity contribution in [1.82, 2.24) is 9.62 Å². The molecule has 1 aliphatic rings. The number of nitrogens with one attached hydrogen (secondary N) is 1. The molecule has 1 aromatic carbocycles. The minimum Gasteiger partial charge on any atom is -0.497 e. The van der Waals surface area contributed by atoms with Crippen LogP contribution in [-0.2, 0) is 20.6 Å².